The van der Waals surface area contributed by atoms with Crippen molar-refractivity contribution in [3.05, 3.63) is 53.1 Å². The second-order valence-electron chi connectivity index (χ2n) is 7.86. The van der Waals surface area contributed by atoms with Gasteiger partial charge < -0.3 is 19.7 Å². The van der Waals surface area contributed by atoms with E-state index in [1.54, 1.807) is 0 Å². The lowest BCUT2D eigenvalue weighted by molar-refractivity contribution is -0.129. The van der Waals surface area contributed by atoms with Gasteiger partial charge in [0.2, 0.25) is 11.8 Å². The number of nitrogens with one attached hydrogen (secondary N) is 1. The molecule has 36 heavy (non-hydrogen) atoms. The molecule has 1 N–H and O–H groups in total. The van der Waals surface area contributed by atoms with E-state index in [-0.39, 0.29) is 22.4 Å². The molecule has 4 amide bonds. The minimum atomic E-state index is -3.40. The number of benzene rings is 2. The molecule has 0 spiro atoms. The van der Waals surface area contributed by atoms with Crippen molar-refractivity contribution < 1.29 is 46.2 Å². The average Bonchev–Trinajstić information content (AvgIpc) is 3.03. The van der Waals surface area contributed by atoms with Gasteiger partial charge in [0.1, 0.15) is 0 Å². The van der Waals surface area contributed by atoms with Crippen LogP contribution in [0.2, 0.25) is 0 Å². The maximum absolute atomic E-state index is 13.4. The normalized spacial score (nSPS) is 13.6. The molecule has 0 aromatic heterocycles. The van der Waals surface area contributed by atoms with Crippen LogP contribution in [0.5, 0.6) is 11.5 Å². The number of imide groups is 1. The monoisotopic (exact) mass is 511 g/mol. The number of carbonyl (C=O) groups excluding carboxylic acids is 4. The lowest BCUT2D eigenvalue weighted by Crippen LogP contribution is -2.37. The number of anilines is 1. The molecule has 1 aliphatic heterocycles. The molecule has 1 unspecified atom stereocenters. The largest absolute Gasteiger partial charge is 0.431 e. The van der Waals surface area contributed by atoms with Crippen LogP contribution in [0.1, 0.15) is 45.7 Å². The summed E-state index contributed by atoms with van der Waals surface area (Å²) in [6, 6.07) is 5.85. The van der Waals surface area contributed by atoms with Gasteiger partial charge in [-0.25, -0.2) is 0 Å². The number of carbonyl (C=O) groups is 4. The molecule has 13 heteroatoms. The molecule has 0 bridgehead atoms. The van der Waals surface area contributed by atoms with Gasteiger partial charge in [0.15, 0.2) is 11.5 Å². The van der Waals surface area contributed by atoms with Gasteiger partial charge in [0.05, 0.1) is 29.3 Å². The summed E-state index contributed by atoms with van der Waals surface area (Å²) in [5.74, 6) is -4.15. The van der Waals surface area contributed by atoms with Gasteiger partial charge in [0, 0.05) is 21.0 Å². The minimum Gasteiger partial charge on any atom is -0.431 e. The second kappa shape index (κ2) is 10.6. The Morgan fingerprint density at radius 2 is 1.61 bits per heavy atom. The Balaban J connectivity index is 2.12. The molecule has 0 aliphatic carbocycles. The highest BCUT2D eigenvalue weighted by Crippen LogP contribution is 2.40. The predicted molar refractivity (Wildman–Crippen MR) is 117 cm³/mol. The SMILES string of the molecule is CC(=O)Nc1cccc2c1C(=O)N(C(CC(=O)N(C)C)c1ccc(OC(F)F)c(OC(F)F)c1)C2=O. The molecule has 0 saturated carbocycles. The van der Waals surface area contributed by atoms with E-state index in [1.807, 2.05) is 0 Å². The van der Waals surface area contributed by atoms with E-state index in [4.69, 9.17) is 0 Å². The number of amides is 4. The topological polar surface area (TPSA) is 105 Å². The molecule has 0 radical (unpaired) electrons. The number of nitrogens with zero attached hydrogens (tertiary/aromatic N) is 2. The fourth-order valence-corrected chi connectivity index (χ4v) is 3.70. The van der Waals surface area contributed by atoms with Crippen molar-refractivity contribution in [2.45, 2.75) is 32.6 Å². The van der Waals surface area contributed by atoms with Crippen molar-refractivity contribution in [2.75, 3.05) is 19.4 Å². The summed E-state index contributed by atoms with van der Waals surface area (Å²) in [5.41, 5.74) is -0.115. The summed E-state index contributed by atoms with van der Waals surface area (Å²) in [7, 11) is 2.86. The van der Waals surface area contributed by atoms with E-state index in [0.717, 1.165) is 23.1 Å². The van der Waals surface area contributed by atoms with Crippen LogP contribution in [-0.2, 0) is 9.59 Å². The third kappa shape index (κ3) is 5.56. The number of rotatable bonds is 9. The van der Waals surface area contributed by atoms with Crippen molar-refractivity contribution in [3.8, 4) is 11.5 Å². The fourth-order valence-electron chi connectivity index (χ4n) is 3.70. The van der Waals surface area contributed by atoms with E-state index >= 15 is 0 Å². The number of hydrogen-bond acceptors (Lipinski definition) is 6. The first-order valence-electron chi connectivity index (χ1n) is 10.4. The zero-order valence-corrected chi connectivity index (χ0v) is 19.3. The van der Waals surface area contributed by atoms with Crippen molar-refractivity contribution in [1.82, 2.24) is 9.80 Å². The molecule has 1 atom stereocenters. The van der Waals surface area contributed by atoms with E-state index in [2.05, 4.69) is 14.8 Å². The van der Waals surface area contributed by atoms with Gasteiger partial charge in [-0.1, -0.05) is 12.1 Å². The highest BCUT2D eigenvalue weighted by molar-refractivity contribution is 6.24. The Morgan fingerprint density at radius 3 is 2.19 bits per heavy atom. The summed E-state index contributed by atoms with van der Waals surface area (Å²) in [6.45, 7) is -5.53. The number of alkyl halides is 4. The average molecular weight is 511 g/mol. The smallest absolute Gasteiger partial charge is 0.387 e. The Hall–Kier alpha value is -4.16. The summed E-state index contributed by atoms with van der Waals surface area (Å²) in [4.78, 5) is 52.8. The Morgan fingerprint density at radius 1 is 0.972 bits per heavy atom. The van der Waals surface area contributed by atoms with Crippen molar-refractivity contribution in [3.63, 3.8) is 0 Å². The predicted octanol–water partition coefficient (Wildman–Crippen LogP) is 3.66. The molecule has 2 aromatic rings. The first kappa shape index (κ1) is 26.4. The first-order valence-corrected chi connectivity index (χ1v) is 10.4. The highest BCUT2D eigenvalue weighted by Gasteiger charge is 2.43. The van der Waals surface area contributed by atoms with Crippen LogP contribution in [0.25, 0.3) is 0 Å². The standard InChI is InChI=1S/C23H21F4N3O6/c1-11(31)28-14-6-4-5-13-19(14)21(34)30(20(13)33)15(10-18(32)29(2)3)12-7-8-16(35-22(24)25)17(9-12)36-23(26)27/h4-9,15,22-23H,10H2,1-3H3,(H,28,31). The maximum Gasteiger partial charge on any atom is 0.387 e. The number of fused-ring (bicyclic) bond motifs is 1. The highest BCUT2D eigenvalue weighted by atomic mass is 19.3. The Labute approximate surface area is 202 Å². The summed E-state index contributed by atoms with van der Waals surface area (Å²) in [5, 5.41) is 2.47. The van der Waals surface area contributed by atoms with Gasteiger partial charge in [-0.2, -0.15) is 17.6 Å². The summed E-state index contributed by atoms with van der Waals surface area (Å²) < 4.78 is 59.9. The van der Waals surface area contributed by atoms with Crippen molar-refractivity contribution in [2.24, 2.45) is 0 Å². The molecule has 0 fully saturated rings. The number of hydrogen-bond donors (Lipinski definition) is 1. The van der Waals surface area contributed by atoms with Crippen LogP contribution in [0.3, 0.4) is 0 Å². The van der Waals surface area contributed by atoms with E-state index in [9.17, 15) is 36.7 Å². The van der Waals surface area contributed by atoms with Crippen LogP contribution in [0.4, 0.5) is 23.2 Å². The van der Waals surface area contributed by atoms with Gasteiger partial charge in [0.25, 0.3) is 11.8 Å². The number of halogens is 4. The molecule has 1 aliphatic rings. The zero-order valence-electron chi connectivity index (χ0n) is 19.3. The molecule has 0 saturated heterocycles. The van der Waals surface area contributed by atoms with Crippen LogP contribution < -0.4 is 14.8 Å². The number of ether oxygens (including phenoxy) is 2. The van der Waals surface area contributed by atoms with Gasteiger partial charge in [-0.15, -0.1) is 0 Å². The molecule has 1 heterocycles. The third-order valence-electron chi connectivity index (χ3n) is 5.22. The molecule has 2 aromatic carbocycles. The van der Waals surface area contributed by atoms with E-state index in [0.29, 0.717) is 0 Å². The lowest BCUT2D eigenvalue weighted by Gasteiger charge is -2.28. The Bertz CT molecular complexity index is 1200. The van der Waals surface area contributed by atoms with Crippen LogP contribution in [-0.4, -0.2) is 60.7 Å². The van der Waals surface area contributed by atoms with E-state index < -0.39 is 60.8 Å². The van der Waals surface area contributed by atoms with E-state index in [1.165, 1.54) is 44.1 Å². The Kier molecular flexibility index (Phi) is 7.80. The second-order valence-corrected chi connectivity index (χ2v) is 7.86. The summed E-state index contributed by atoms with van der Waals surface area (Å²) >= 11 is 0. The zero-order chi connectivity index (χ0) is 26.7. The minimum absolute atomic E-state index is 0.0296. The molecule has 3 rings (SSSR count). The fraction of sp³-hybridized carbons (Fsp3) is 0.304. The van der Waals surface area contributed by atoms with Crippen molar-refractivity contribution >= 4 is 29.3 Å². The third-order valence-corrected chi connectivity index (χ3v) is 5.22. The molecule has 192 valence electrons. The van der Waals surface area contributed by atoms with Gasteiger partial charge >= 0.3 is 13.2 Å². The van der Waals surface area contributed by atoms with Gasteiger partial charge in [-0.05, 0) is 29.8 Å². The molecular formula is C23H21F4N3O6. The van der Waals surface area contributed by atoms with Crippen LogP contribution in [0.15, 0.2) is 36.4 Å². The summed E-state index contributed by atoms with van der Waals surface area (Å²) in [6.07, 6.45) is -0.461. The quantitative estimate of drug-likeness (QED) is 0.407. The molecular weight excluding hydrogens is 490 g/mol. The maximum atomic E-state index is 13.4. The van der Waals surface area contributed by atoms with Crippen molar-refractivity contribution in [1.29, 1.82) is 0 Å². The van der Waals surface area contributed by atoms with Crippen LogP contribution >= 0.6 is 0 Å². The van der Waals surface area contributed by atoms with Gasteiger partial charge in [-0.3, -0.25) is 24.1 Å². The first-order chi connectivity index (χ1) is 16.9. The van der Waals surface area contributed by atoms with Crippen LogP contribution in [0, 0.1) is 0 Å². The molecule has 9 nitrogen and oxygen atoms in total. The lowest BCUT2D eigenvalue weighted by atomic mass is 10.0.